The van der Waals surface area contributed by atoms with Crippen molar-refractivity contribution in [1.29, 1.82) is 5.26 Å². The van der Waals surface area contributed by atoms with Gasteiger partial charge in [0.25, 0.3) is 0 Å². The van der Waals surface area contributed by atoms with E-state index in [1.165, 1.54) is 0 Å². The van der Waals surface area contributed by atoms with Crippen LogP contribution < -0.4 is 9.47 Å². The second-order valence-electron chi connectivity index (χ2n) is 6.68. The molecule has 1 aromatic carbocycles. The smallest absolute Gasteiger partial charge is 0.125 e. The highest BCUT2D eigenvalue weighted by molar-refractivity contribution is 5.65. The van der Waals surface area contributed by atoms with Crippen LogP contribution >= 0.6 is 0 Å². The quantitative estimate of drug-likeness (QED) is 0.772. The fourth-order valence-electron chi connectivity index (χ4n) is 3.93. The lowest BCUT2D eigenvalue weighted by molar-refractivity contribution is 0.0843. The molecule has 0 amide bonds. The summed E-state index contributed by atoms with van der Waals surface area (Å²) < 4.78 is 12.9. The second-order valence-corrected chi connectivity index (χ2v) is 6.68. The van der Waals surface area contributed by atoms with Crippen LogP contribution in [-0.2, 0) is 13.1 Å². The summed E-state index contributed by atoms with van der Waals surface area (Å²) in [6.07, 6.45) is 3.24. The first-order chi connectivity index (χ1) is 13.2. The molecule has 2 aromatic heterocycles. The van der Waals surface area contributed by atoms with E-state index >= 15 is 0 Å². The minimum Gasteiger partial charge on any atom is -0.496 e. The Morgan fingerprint density at radius 2 is 1.96 bits per heavy atom. The Morgan fingerprint density at radius 1 is 1.19 bits per heavy atom. The third-order valence-corrected chi connectivity index (χ3v) is 5.13. The highest BCUT2D eigenvalue weighted by atomic mass is 16.5. The van der Waals surface area contributed by atoms with Gasteiger partial charge in [-0.15, -0.1) is 0 Å². The number of aliphatic hydroxyl groups excluding tert-OH is 1. The molecule has 1 unspecified atom stereocenters. The minimum atomic E-state index is -0.679. The van der Waals surface area contributed by atoms with Crippen LogP contribution in [0.5, 0.6) is 11.5 Å². The summed E-state index contributed by atoms with van der Waals surface area (Å²) in [5.41, 5.74) is 4.23. The van der Waals surface area contributed by atoms with Crippen molar-refractivity contribution in [2.24, 2.45) is 0 Å². The van der Waals surface area contributed by atoms with Crippen LogP contribution in [0.4, 0.5) is 0 Å². The Labute approximate surface area is 157 Å². The molecule has 0 bridgehead atoms. The number of benzene rings is 1. The molecule has 4 rings (SSSR count). The number of hydrogen-bond acceptors (Lipinski definition) is 5. The van der Waals surface area contributed by atoms with Crippen molar-refractivity contribution in [1.82, 2.24) is 9.30 Å². The largest absolute Gasteiger partial charge is 0.496 e. The molecule has 0 saturated carbocycles. The fourth-order valence-corrected chi connectivity index (χ4v) is 3.93. The molecule has 0 spiro atoms. The van der Waals surface area contributed by atoms with Crippen molar-refractivity contribution < 1.29 is 14.6 Å². The predicted octanol–water partition coefficient (Wildman–Crippen LogP) is 2.88. The lowest BCUT2D eigenvalue weighted by atomic mass is 9.94. The van der Waals surface area contributed by atoms with Gasteiger partial charge in [-0.2, -0.15) is 5.26 Å². The van der Waals surface area contributed by atoms with Gasteiger partial charge in [0.15, 0.2) is 0 Å². The number of aliphatic hydroxyl groups is 1. The molecule has 27 heavy (non-hydrogen) atoms. The Hall–Kier alpha value is -3.01. The van der Waals surface area contributed by atoms with Gasteiger partial charge in [-0.25, -0.2) is 0 Å². The van der Waals surface area contributed by atoms with E-state index in [-0.39, 0.29) is 0 Å². The molecule has 0 radical (unpaired) electrons. The van der Waals surface area contributed by atoms with Gasteiger partial charge < -0.3 is 19.0 Å². The van der Waals surface area contributed by atoms with Gasteiger partial charge in [0.05, 0.1) is 31.4 Å². The second kappa shape index (κ2) is 6.95. The number of ether oxygens (including phenoxy) is 2. The molecule has 1 atom stereocenters. The highest BCUT2D eigenvalue weighted by Gasteiger charge is 2.30. The molecule has 6 heteroatoms. The van der Waals surface area contributed by atoms with Gasteiger partial charge in [-0.1, -0.05) is 6.07 Å². The summed E-state index contributed by atoms with van der Waals surface area (Å²) in [6.45, 7) is 1.65. The Bertz CT molecular complexity index is 1040. The van der Waals surface area contributed by atoms with Crippen molar-refractivity contribution in [2.75, 3.05) is 20.8 Å². The molecule has 6 nitrogen and oxygen atoms in total. The maximum Gasteiger partial charge on any atom is 0.125 e. The van der Waals surface area contributed by atoms with Gasteiger partial charge in [0.2, 0.25) is 0 Å². The average Bonchev–Trinajstić information content (AvgIpc) is 3.03. The zero-order valence-electron chi connectivity index (χ0n) is 15.3. The Kier molecular flexibility index (Phi) is 4.48. The maximum absolute atomic E-state index is 10.8. The summed E-state index contributed by atoms with van der Waals surface area (Å²) in [6, 6.07) is 11.8. The SMILES string of the molecule is COc1ccc(OC)c2c1CN(Cc1cn3ccccc3c1C#N)CC2O. The average molecular weight is 363 g/mol. The first kappa shape index (κ1) is 17.4. The van der Waals surface area contributed by atoms with Crippen molar-refractivity contribution in [2.45, 2.75) is 19.2 Å². The third-order valence-electron chi connectivity index (χ3n) is 5.13. The number of pyridine rings is 1. The first-order valence-electron chi connectivity index (χ1n) is 8.79. The van der Waals surface area contributed by atoms with Crippen LogP contribution in [0.1, 0.15) is 28.4 Å². The number of hydrogen-bond donors (Lipinski definition) is 1. The van der Waals surface area contributed by atoms with Crippen LogP contribution in [0, 0.1) is 11.3 Å². The monoisotopic (exact) mass is 363 g/mol. The molecule has 3 heterocycles. The van der Waals surface area contributed by atoms with E-state index in [0.717, 1.165) is 28.0 Å². The lowest BCUT2D eigenvalue weighted by Crippen LogP contribution is -2.33. The zero-order chi connectivity index (χ0) is 19.0. The number of β-amino-alcohol motifs (C(OH)–C–C–N with tert-alkyl or cyclic N) is 1. The lowest BCUT2D eigenvalue weighted by Gasteiger charge is -2.33. The van der Waals surface area contributed by atoms with Crippen LogP contribution in [0.15, 0.2) is 42.7 Å². The molecule has 3 aromatic rings. The van der Waals surface area contributed by atoms with Gasteiger partial charge >= 0.3 is 0 Å². The summed E-state index contributed by atoms with van der Waals surface area (Å²) in [7, 11) is 3.23. The number of nitriles is 1. The third kappa shape index (κ3) is 2.91. The summed E-state index contributed by atoms with van der Waals surface area (Å²) in [4.78, 5) is 2.13. The molecular weight excluding hydrogens is 342 g/mol. The summed E-state index contributed by atoms with van der Waals surface area (Å²) in [5.74, 6) is 1.40. The van der Waals surface area contributed by atoms with Crippen molar-refractivity contribution in [3.63, 3.8) is 0 Å². The molecule has 138 valence electrons. The van der Waals surface area contributed by atoms with Gasteiger partial charge in [0.1, 0.15) is 17.6 Å². The van der Waals surface area contributed by atoms with E-state index in [1.807, 2.05) is 47.1 Å². The summed E-state index contributed by atoms with van der Waals surface area (Å²) >= 11 is 0. The van der Waals surface area contributed by atoms with Crippen molar-refractivity contribution in [3.05, 3.63) is 65.0 Å². The number of fused-ring (bicyclic) bond motifs is 2. The Morgan fingerprint density at radius 3 is 2.70 bits per heavy atom. The van der Waals surface area contributed by atoms with E-state index < -0.39 is 6.10 Å². The number of methoxy groups -OCH3 is 2. The van der Waals surface area contributed by atoms with E-state index in [4.69, 9.17) is 9.47 Å². The molecular formula is C21H21N3O3. The molecule has 1 aliphatic rings. The molecule has 1 aliphatic heterocycles. The van der Waals surface area contributed by atoms with Crippen LogP contribution in [0.25, 0.3) is 5.52 Å². The molecule has 0 fully saturated rings. The zero-order valence-corrected chi connectivity index (χ0v) is 15.3. The molecule has 1 N–H and O–H groups in total. The highest BCUT2D eigenvalue weighted by Crippen LogP contribution is 2.39. The van der Waals surface area contributed by atoms with E-state index in [0.29, 0.717) is 30.9 Å². The molecule has 0 saturated heterocycles. The topological polar surface area (TPSA) is 70.1 Å². The van der Waals surface area contributed by atoms with Crippen LogP contribution in [-0.4, -0.2) is 35.2 Å². The van der Waals surface area contributed by atoms with Gasteiger partial charge in [0, 0.05) is 48.7 Å². The maximum atomic E-state index is 10.8. The standard InChI is InChI=1S/C21H21N3O3/c1-26-19-6-7-20(27-2)21-16(19)12-23(13-18(21)25)10-14-11-24-8-4-3-5-17(24)15(14)9-22/h3-8,11,18,25H,10,12-13H2,1-2H3. The van der Waals surface area contributed by atoms with E-state index in [2.05, 4.69) is 11.0 Å². The van der Waals surface area contributed by atoms with Crippen LogP contribution in [0.3, 0.4) is 0 Å². The first-order valence-corrected chi connectivity index (χ1v) is 8.79. The van der Waals surface area contributed by atoms with Gasteiger partial charge in [-0.05, 0) is 24.3 Å². The fraction of sp³-hybridized carbons (Fsp3) is 0.286. The Balaban J connectivity index is 1.70. The number of nitrogens with zero attached hydrogens (tertiary/aromatic N) is 3. The molecule has 0 aliphatic carbocycles. The van der Waals surface area contributed by atoms with Crippen molar-refractivity contribution >= 4 is 5.52 Å². The number of rotatable bonds is 4. The number of aromatic nitrogens is 1. The van der Waals surface area contributed by atoms with Gasteiger partial charge in [-0.3, -0.25) is 4.90 Å². The van der Waals surface area contributed by atoms with E-state index in [1.54, 1.807) is 14.2 Å². The predicted molar refractivity (Wildman–Crippen MR) is 101 cm³/mol. The normalized spacial score (nSPS) is 16.7. The summed E-state index contributed by atoms with van der Waals surface area (Å²) in [5, 5.41) is 20.4. The van der Waals surface area contributed by atoms with E-state index in [9.17, 15) is 10.4 Å². The van der Waals surface area contributed by atoms with Crippen LogP contribution in [0.2, 0.25) is 0 Å². The van der Waals surface area contributed by atoms with Crippen molar-refractivity contribution in [3.8, 4) is 17.6 Å². The minimum absolute atomic E-state index is 0.466.